The van der Waals surface area contributed by atoms with Gasteiger partial charge in [0.05, 0.1) is 11.9 Å². The lowest BCUT2D eigenvalue weighted by atomic mass is 10.1. The van der Waals surface area contributed by atoms with Crippen LogP contribution in [0.15, 0.2) is 54.7 Å². The molecule has 3 aromatic rings. The third-order valence-corrected chi connectivity index (χ3v) is 5.06. The Morgan fingerprint density at radius 2 is 1.65 bits per heavy atom. The molecule has 0 saturated carbocycles. The van der Waals surface area contributed by atoms with E-state index in [4.69, 9.17) is 11.6 Å². The first-order chi connectivity index (χ1) is 12.7. The van der Waals surface area contributed by atoms with E-state index in [2.05, 4.69) is 32.1 Å². The zero-order valence-electron chi connectivity index (χ0n) is 14.3. The van der Waals surface area contributed by atoms with Crippen molar-refractivity contribution in [1.29, 1.82) is 0 Å². The zero-order valence-corrected chi connectivity index (χ0v) is 15.1. The molecular formula is C20H20ClFN4. The molecule has 1 aliphatic rings. The number of aromatic nitrogens is 2. The molecule has 1 aromatic heterocycles. The smallest absolute Gasteiger partial charge is 0.123 e. The van der Waals surface area contributed by atoms with Gasteiger partial charge in [0.25, 0.3) is 0 Å². The van der Waals surface area contributed by atoms with Crippen LogP contribution in [0.4, 0.5) is 10.1 Å². The Morgan fingerprint density at radius 1 is 0.962 bits per heavy atom. The van der Waals surface area contributed by atoms with E-state index in [-0.39, 0.29) is 5.82 Å². The number of anilines is 1. The number of hydrogen-bond acceptors (Lipinski definition) is 3. The quantitative estimate of drug-likeness (QED) is 0.747. The lowest BCUT2D eigenvalue weighted by molar-refractivity contribution is 0.250. The van der Waals surface area contributed by atoms with Crippen molar-refractivity contribution in [3.05, 3.63) is 71.1 Å². The van der Waals surface area contributed by atoms with Crippen LogP contribution in [0.1, 0.15) is 5.56 Å². The molecule has 0 spiro atoms. The highest BCUT2D eigenvalue weighted by molar-refractivity contribution is 6.30. The van der Waals surface area contributed by atoms with Gasteiger partial charge in [-0.3, -0.25) is 10.00 Å². The number of piperazine rings is 1. The SMILES string of the molecule is Fc1ccc(-c2[nH]ncc2CN2CCN(c3ccc(Cl)cc3)CC2)cc1. The molecule has 2 aromatic carbocycles. The summed E-state index contributed by atoms with van der Waals surface area (Å²) in [6, 6.07) is 14.5. The van der Waals surface area contributed by atoms with Crippen LogP contribution in [0.5, 0.6) is 0 Å². The third-order valence-electron chi connectivity index (χ3n) is 4.81. The predicted octanol–water partition coefficient (Wildman–Crippen LogP) is 4.19. The van der Waals surface area contributed by atoms with Crippen molar-refractivity contribution in [3.63, 3.8) is 0 Å². The maximum atomic E-state index is 13.2. The van der Waals surface area contributed by atoms with E-state index in [9.17, 15) is 4.39 Å². The first-order valence-corrected chi connectivity index (χ1v) is 9.08. The molecule has 134 valence electrons. The number of rotatable bonds is 4. The first kappa shape index (κ1) is 17.1. The van der Waals surface area contributed by atoms with Crippen molar-refractivity contribution in [2.75, 3.05) is 31.1 Å². The third kappa shape index (κ3) is 3.74. The van der Waals surface area contributed by atoms with E-state index in [1.807, 2.05) is 18.3 Å². The lowest BCUT2D eigenvalue weighted by Gasteiger charge is -2.36. The van der Waals surface area contributed by atoms with Gasteiger partial charge in [-0.15, -0.1) is 0 Å². The summed E-state index contributed by atoms with van der Waals surface area (Å²) in [6.45, 7) is 4.75. The van der Waals surface area contributed by atoms with Gasteiger partial charge in [-0.25, -0.2) is 4.39 Å². The normalized spacial score (nSPS) is 15.4. The number of benzene rings is 2. The number of nitrogens with one attached hydrogen (secondary N) is 1. The molecule has 4 rings (SSSR count). The van der Waals surface area contributed by atoms with Crippen molar-refractivity contribution < 1.29 is 4.39 Å². The molecule has 0 unspecified atom stereocenters. The van der Waals surface area contributed by atoms with Crippen LogP contribution in [0.2, 0.25) is 5.02 Å². The maximum Gasteiger partial charge on any atom is 0.123 e. The Kier molecular flexibility index (Phi) is 4.91. The van der Waals surface area contributed by atoms with Crippen LogP contribution in [-0.4, -0.2) is 41.3 Å². The highest BCUT2D eigenvalue weighted by atomic mass is 35.5. The van der Waals surface area contributed by atoms with Gasteiger partial charge in [0.15, 0.2) is 0 Å². The van der Waals surface area contributed by atoms with Crippen LogP contribution in [-0.2, 0) is 6.54 Å². The van der Waals surface area contributed by atoms with Crippen LogP contribution >= 0.6 is 11.6 Å². The van der Waals surface area contributed by atoms with E-state index >= 15 is 0 Å². The second-order valence-corrected chi connectivity index (χ2v) is 6.95. The lowest BCUT2D eigenvalue weighted by Crippen LogP contribution is -2.45. The van der Waals surface area contributed by atoms with Gasteiger partial charge in [-0.05, 0) is 48.5 Å². The van der Waals surface area contributed by atoms with Crippen molar-refractivity contribution in [2.45, 2.75) is 6.54 Å². The molecule has 1 fully saturated rings. The van der Waals surface area contributed by atoms with E-state index in [1.54, 1.807) is 12.1 Å². The van der Waals surface area contributed by atoms with Gasteiger partial charge in [0.1, 0.15) is 5.82 Å². The molecule has 0 radical (unpaired) electrons. The Balaban J connectivity index is 1.40. The molecule has 26 heavy (non-hydrogen) atoms. The minimum absolute atomic E-state index is 0.229. The highest BCUT2D eigenvalue weighted by Crippen LogP contribution is 2.24. The second-order valence-electron chi connectivity index (χ2n) is 6.52. The van der Waals surface area contributed by atoms with Crippen molar-refractivity contribution in [1.82, 2.24) is 15.1 Å². The van der Waals surface area contributed by atoms with E-state index in [0.717, 1.165) is 54.6 Å². The molecule has 0 atom stereocenters. The Morgan fingerprint density at radius 3 is 2.35 bits per heavy atom. The van der Waals surface area contributed by atoms with E-state index < -0.39 is 0 Å². The fraction of sp³-hybridized carbons (Fsp3) is 0.250. The molecule has 2 heterocycles. The number of H-pyrrole nitrogens is 1. The maximum absolute atomic E-state index is 13.2. The number of halogens is 2. The summed E-state index contributed by atoms with van der Waals surface area (Å²) in [6.07, 6.45) is 1.87. The van der Waals surface area contributed by atoms with Gasteiger partial charge in [0, 0.05) is 54.6 Å². The average molecular weight is 371 g/mol. The fourth-order valence-electron chi connectivity index (χ4n) is 3.35. The summed E-state index contributed by atoms with van der Waals surface area (Å²) in [7, 11) is 0. The monoisotopic (exact) mass is 370 g/mol. The number of aromatic amines is 1. The number of hydrogen-bond donors (Lipinski definition) is 1. The summed E-state index contributed by atoms with van der Waals surface area (Å²) in [5.41, 5.74) is 4.27. The summed E-state index contributed by atoms with van der Waals surface area (Å²) in [5.74, 6) is -0.229. The molecule has 1 N–H and O–H groups in total. The molecule has 6 heteroatoms. The standard InChI is InChI=1S/C20H20ClFN4/c21-17-3-7-19(8-4-17)26-11-9-25(10-12-26)14-16-13-23-24-20(16)15-1-5-18(22)6-2-15/h1-8,13H,9-12,14H2,(H,23,24). The van der Waals surface area contributed by atoms with Crippen LogP contribution in [0.3, 0.4) is 0 Å². The molecule has 0 amide bonds. The van der Waals surface area contributed by atoms with E-state index in [0.29, 0.717) is 0 Å². The van der Waals surface area contributed by atoms with Gasteiger partial charge in [-0.1, -0.05) is 11.6 Å². The zero-order chi connectivity index (χ0) is 17.9. The summed E-state index contributed by atoms with van der Waals surface area (Å²) in [4.78, 5) is 4.80. The minimum Gasteiger partial charge on any atom is -0.369 e. The minimum atomic E-state index is -0.229. The van der Waals surface area contributed by atoms with Crippen LogP contribution in [0, 0.1) is 5.82 Å². The molecule has 1 saturated heterocycles. The summed E-state index contributed by atoms with van der Waals surface area (Å²) in [5, 5.41) is 8.00. The first-order valence-electron chi connectivity index (χ1n) is 8.70. The fourth-order valence-corrected chi connectivity index (χ4v) is 3.48. The Bertz CT molecular complexity index is 852. The van der Waals surface area contributed by atoms with Crippen LogP contribution < -0.4 is 4.90 Å². The highest BCUT2D eigenvalue weighted by Gasteiger charge is 2.19. The molecule has 1 aliphatic heterocycles. The number of nitrogens with zero attached hydrogens (tertiary/aromatic N) is 3. The topological polar surface area (TPSA) is 35.2 Å². The summed E-state index contributed by atoms with van der Waals surface area (Å²) >= 11 is 5.97. The predicted molar refractivity (Wildman–Crippen MR) is 103 cm³/mol. The molecular weight excluding hydrogens is 351 g/mol. The van der Waals surface area contributed by atoms with Crippen molar-refractivity contribution >= 4 is 17.3 Å². The van der Waals surface area contributed by atoms with Gasteiger partial charge < -0.3 is 4.90 Å². The average Bonchev–Trinajstić information content (AvgIpc) is 3.12. The Labute approximate surface area is 157 Å². The van der Waals surface area contributed by atoms with Crippen molar-refractivity contribution in [2.24, 2.45) is 0 Å². The summed E-state index contributed by atoms with van der Waals surface area (Å²) < 4.78 is 13.2. The molecule has 4 nitrogen and oxygen atoms in total. The van der Waals surface area contributed by atoms with Crippen LogP contribution in [0.25, 0.3) is 11.3 Å². The second kappa shape index (κ2) is 7.48. The Hall–Kier alpha value is -2.37. The van der Waals surface area contributed by atoms with Gasteiger partial charge >= 0.3 is 0 Å². The largest absolute Gasteiger partial charge is 0.369 e. The van der Waals surface area contributed by atoms with E-state index in [1.165, 1.54) is 17.8 Å². The molecule has 0 aliphatic carbocycles. The van der Waals surface area contributed by atoms with Gasteiger partial charge in [0.2, 0.25) is 0 Å². The van der Waals surface area contributed by atoms with Crippen molar-refractivity contribution in [3.8, 4) is 11.3 Å². The van der Waals surface area contributed by atoms with Gasteiger partial charge in [-0.2, -0.15) is 5.10 Å². The molecule has 0 bridgehead atoms.